The predicted octanol–water partition coefficient (Wildman–Crippen LogP) is 0.433. The zero-order valence-corrected chi connectivity index (χ0v) is 11.2. The molecule has 2 unspecified atom stereocenters. The maximum Gasteiger partial charge on any atom is 0.279 e. The van der Waals surface area contributed by atoms with E-state index >= 15 is 0 Å². The van der Waals surface area contributed by atoms with Crippen molar-refractivity contribution in [3.8, 4) is 0 Å². The van der Waals surface area contributed by atoms with Gasteiger partial charge < -0.3 is 5.73 Å². The Hall–Kier alpha value is -0.170. The number of hydrogen-bond donors (Lipinski definition) is 2. The molecule has 0 amide bonds. The molecule has 100 valence electrons. The first kappa shape index (κ1) is 13.3. The van der Waals surface area contributed by atoms with E-state index in [4.69, 9.17) is 5.73 Å². The Balaban J connectivity index is 2.01. The quantitative estimate of drug-likeness (QED) is 0.753. The van der Waals surface area contributed by atoms with Crippen molar-refractivity contribution in [2.45, 2.75) is 51.1 Å². The van der Waals surface area contributed by atoms with Crippen molar-refractivity contribution in [2.75, 3.05) is 13.1 Å². The highest BCUT2D eigenvalue weighted by atomic mass is 32.2. The van der Waals surface area contributed by atoms with Gasteiger partial charge in [0.15, 0.2) is 0 Å². The fourth-order valence-corrected chi connectivity index (χ4v) is 4.27. The summed E-state index contributed by atoms with van der Waals surface area (Å²) in [6, 6.07) is 0.0352. The van der Waals surface area contributed by atoms with Gasteiger partial charge in [0.2, 0.25) is 0 Å². The van der Waals surface area contributed by atoms with Crippen molar-refractivity contribution in [2.24, 2.45) is 11.7 Å². The molecule has 0 aromatic rings. The molecule has 6 heteroatoms. The second-order valence-corrected chi connectivity index (χ2v) is 6.90. The molecule has 0 spiro atoms. The van der Waals surface area contributed by atoms with Crippen LogP contribution in [0.2, 0.25) is 0 Å². The van der Waals surface area contributed by atoms with Gasteiger partial charge in [-0.2, -0.15) is 17.4 Å². The van der Waals surface area contributed by atoms with Gasteiger partial charge in [-0.15, -0.1) is 0 Å². The van der Waals surface area contributed by atoms with Gasteiger partial charge in [-0.25, -0.2) is 0 Å². The van der Waals surface area contributed by atoms with Gasteiger partial charge >= 0.3 is 0 Å². The minimum absolute atomic E-state index is 0.0207. The Morgan fingerprint density at radius 2 is 2.06 bits per heavy atom. The van der Waals surface area contributed by atoms with Gasteiger partial charge in [0.1, 0.15) is 0 Å². The molecule has 2 atom stereocenters. The SMILES string of the molecule is CC(NS(=O)(=O)N1CCCCC1CN)C1CC1. The van der Waals surface area contributed by atoms with Crippen LogP contribution in [-0.4, -0.2) is 37.9 Å². The van der Waals surface area contributed by atoms with Crippen LogP contribution in [0.15, 0.2) is 0 Å². The van der Waals surface area contributed by atoms with Gasteiger partial charge in [-0.1, -0.05) is 6.42 Å². The molecule has 1 aliphatic heterocycles. The summed E-state index contributed by atoms with van der Waals surface area (Å²) in [5, 5.41) is 0. The Morgan fingerprint density at radius 1 is 1.35 bits per heavy atom. The van der Waals surface area contributed by atoms with E-state index in [1.807, 2.05) is 6.92 Å². The standard InChI is InChI=1S/C11H23N3O2S/c1-9(10-5-6-10)13-17(15,16)14-7-3-2-4-11(14)8-12/h9-11,13H,2-8,12H2,1H3. The van der Waals surface area contributed by atoms with Crippen LogP contribution in [-0.2, 0) is 10.2 Å². The molecule has 2 rings (SSSR count). The first-order valence-electron chi connectivity index (χ1n) is 6.54. The predicted molar refractivity (Wildman–Crippen MR) is 67.6 cm³/mol. The van der Waals surface area contributed by atoms with E-state index in [1.165, 1.54) is 0 Å². The largest absolute Gasteiger partial charge is 0.329 e. The highest BCUT2D eigenvalue weighted by Gasteiger charge is 2.36. The molecule has 1 heterocycles. The summed E-state index contributed by atoms with van der Waals surface area (Å²) in [6.45, 7) is 2.98. The molecule has 5 nitrogen and oxygen atoms in total. The molecule has 0 aromatic carbocycles. The lowest BCUT2D eigenvalue weighted by atomic mass is 10.1. The van der Waals surface area contributed by atoms with E-state index in [9.17, 15) is 8.42 Å². The van der Waals surface area contributed by atoms with Crippen molar-refractivity contribution >= 4 is 10.2 Å². The minimum atomic E-state index is -3.35. The molecule has 0 bridgehead atoms. The third-order valence-electron chi connectivity index (χ3n) is 3.82. The maximum atomic E-state index is 12.3. The monoisotopic (exact) mass is 261 g/mol. The molecule has 3 N–H and O–H groups in total. The summed E-state index contributed by atoms with van der Waals surface area (Å²) in [4.78, 5) is 0. The molecular formula is C11H23N3O2S. The maximum absolute atomic E-state index is 12.3. The molecule has 0 radical (unpaired) electrons. The summed E-state index contributed by atoms with van der Waals surface area (Å²) in [5.41, 5.74) is 5.66. The number of nitrogens with one attached hydrogen (secondary N) is 1. The van der Waals surface area contributed by atoms with Gasteiger partial charge in [0.05, 0.1) is 0 Å². The minimum Gasteiger partial charge on any atom is -0.329 e. The third-order valence-corrected chi connectivity index (χ3v) is 5.59. The van der Waals surface area contributed by atoms with Gasteiger partial charge in [0.25, 0.3) is 10.2 Å². The Kier molecular flexibility index (Phi) is 4.07. The van der Waals surface area contributed by atoms with Crippen molar-refractivity contribution in [3.63, 3.8) is 0 Å². The fraction of sp³-hybridized carbons (Fsp3) is 1.00. The number of nitrogens with zero attached hydrogens (tertiary/aromatic N) is 1. The average molecular weight is 261 g/mol. The second-order valence-electron chi connectivity index (χ2n) is 5.25. The normalized spacial score (nSPS) is 29.2. The molecule has 2 fully saturated rings. The summed E-state index contributed by atoms with van der Waals surface area (Å²) in [5.74, 6) is 0.533. The lowest BCUT2D eigenvalue weighted by Gasteiger charge is -2.34. The number of nitrogens with two attached hydrogens (primary N) is 1. The van der Waals surface area contributed by atoms with E-state index < -0.39 is 10.2 Å². The first-order chi connectivity index (χ1) is 8.04. The zero-order chi connectivity index (χ0) is 12.5. The Labute approximate surface area is 104 Å². The summed E-state index contributed by atoms with van der Waals surface area (Å²) >= 11 is 0. The second kappa shape index (κ2) is 5.22. The molecule has 1 aliphatic carbocycles. The lowest BCUT2D eigenvalue weighted by molar-refractivity contribution is 0.252. The van der Waals surface area contributed by atoms with E-state index in [-0.39, 0.29) is 12.1 Å². The van der Waals surface area contributed by atoms with Crippen LogP contribution in [0.3, 0.4) is 0 Å². The topological polar surface area (TPSA) is 75.4 Å². The summed E-state index contributed by atoms with van der Waals surface area (Å²) < 4.78 is 28.9. The van der Waals surface area contributed by atoms with Crippen molar-refractivity contribution in [1.29, 1.82) is 0 Å². The van der Waals surface area contributed by atoms with Gasteiger partial charge in [0, 0.05) is 25.2 Å². The van der Waals surface area contributed by atoms with Crippen LogP contribution in [0.5, 0.6) is 0 Å². The average Bonchev–Trinajstić information content (AvgIpc) is 3.12. The van der Waals surface area contributed by atoms with E-state index in [2.05, 4.69) is 4.72 Å². The molecule has 0 aromatic heterocycles. The highest BCUT2D eigenvalue weighted by molar-refractivity contribution is 7.87. The van der Waals surface area contributed by atoms with Crippen LogP contribution in [0.4, 0.5) is 0 Å². The van der Waals surface area contributed by atoms with Crippen LogP contribution < -0.4 is 10.5 Å². The highest BCUT2D eigenvalue weighted by Crippen LogP contribution is 2.33. The van der Waals surface area contributed by atoms with Crippen LogP contribution in [0.25, 0.3) is 0 Å². The third kappa shape index (κ3) is 3.19. The summed E-state index contributed by atoms with van der Waals surface area (Å²) in [7, 11) is -3.35. The number of piperidine rings is 1. The van der Waals surface area contributed by atoms with Gasteiger partial charge in [-0.3, -0.25) is 0 Å². The van der Waals surface area contributed by atoms with E-state index in [0.29, 0.717) is 19.0 Å². The van der Waals surface area contributed by atoms with Gasteiger partial charge in [-0.05, 0) is 38.5 Å². The zero-order valence-electron chi connectivity index (χ0n) is 10.4. The van der Waals surface area contributed by atoms with Crippen molar-refractivity contribution in [3.05, 3.63) is 0 Å². The first-order valence-corrected chi connectivity index (χ1v) is 7.98. The Bertz CT molecular complexity index is 354. The lowest BCUT2D eigenvalue weighted by Crippen LogP contribution is -2.53. The number of rotatable bonds is 5. The molecule has 2 aliphatic rings. The van der Waals surface area contributed by atoms with Crippen LogP contribution in [0, 0.1) is 5.92 Å². The summed E-state index contributed by atoms with van der Waals surface area (Å²) in [6.07, 6.45) is 5.19. The van der Waals surface area contributed by atoms with E-state index in [0.717, 1.165) is 32.1 Å². The van der Waals surface area contributed by atoms with Crippen molar-refractivity contribution < 1.29 is 8.42 Å². The van der Waals surface area contributed by atoms with Crippen LogP contribution >= 0.6 is 0 Å². The number of hydrogen-bond acceptors (Lipinski definition) is 3. The molecule has 1 saturated heterocycles. The Morgan fingerprint density at radius 3 is 2.65 bits per heavy atom. The molecule has 17 heavy (non-hydrogen) atoms. The smallest absolute Gasteiger partial charge is 0.279 e. The van der Waals surface area contributed by atoms with Crippen molar-refractivity contribution in [1.82, 2.24) is 9.03 Å². The molecule has 1 saturated carbocycles. The fourth-order valence-electron chi connectivity index (χ4n) is 2.52. The van der Waals surface area contributed by atoms with Crippen LogP contribution in [0.1, 0.15) is 39.0 Å². The van der Waals surface area contributed by atoms with E-state index in [1.54, 1.807) is 4.31 Å². The molecular weight excluding hydrogens is 238 g/mol.